The van der Waals surface area contributed by atoms with Crippen LogP contribution in [0.15, 0.2) is 54.6 Å². The number of nitrogens with zero attached hydrogens (tertiary/aromatic N) is 1. The fourth-order valence-corrected chi connectivity index (χ4v) is 2.06. The van der Waals surface area contributed by atoms with E-state index in [4.69, 9.17) is 0 Å². The van der Waals surface area contributed by atoms with Gasteiger partial charge >= 0.3 is 0 Å². The monoisotopic (exact) mass is 249 g/mol. The lowest BCUT2D eigenvalue weighted by Gasteiger charge is -2.09. The lowest BCUT2D eigenvalue weighted by molar-refractivity contribution is -0.119. The number of carbonyl (C=O) groups excluding carboxylic acids is 1. The molecule has 0 amide bonds. The van der Waals surface area contributed by atoms with Crippen molar-refractivity contribution in [3.8, 4) is 17.2 Å². The van der Waals surface area contributed by atoms with Gasteiger partial charge in [0.25, 0.3) is 0 Å². The van der Waals surface area contributed by atoms with E-state index in [9.17, 15) is 10.1 Å². The lowest BCUT2D eigenvalue weighted by Crippen LogP contribution is -2.09. The Bertz CT molecular complexity index is 611. The van der Waals surface area contributed by atoms with E-state index in [2.05, 4.69) is 6.07 Å². The van der Waals surface area contributed by atoms with Crippen LogP contribution in [-0.4, -0.2) is 5.78 Å². The third-order valence-corrected chi connectivity index (χ3v) is 3.13. The zero-order chi connectivity index (χ0) is 13.7. The first kappa shape index (κ1) is 13.0. The van der Waals surface area contributed by atoms with E-state index in [0.29, 0.717) is 6.42 Å². The Kier molecular flexibility index (Phi) is 4.10. The number of rotatable bonds is 4. The summed E-state index contributed by atoms with van der Waals surface area (Å²) in [5.41, 5.74) is 2.89. The summed E-state index contributed by atoms with van der Waals surface area (Å²) < 4.78 is 0. The normalized spacial score (nSPS) is 11.6. The van der Waals surface area contributed by atoms with Gasteiger partial charge in [-0.05, 0) is 22.8 Å². The maximum absolute atomic E-state index is 11.8. The molecule has 94 valence electrons. The zero-order valence-corrected chi connectivity index (χ0v) is 10.8. The highest BCUT2D eigenvalue weighted by molar-refractivity contribution is 5.88. The Balaban J connectivity index is 2.40. The number of Topliss-reactive ketones (excluding diaryl/α,β-unsaturated/α-hetero) is 1. The fraction of sp³-hybridized carbons (Fsp3) is 0.176. The maximum Gasteiger partial charge on any atom is 0.154 e. The van der Waals surface area contributed by atoms with Gasteiger partial charge in [0.2, 0.25) is 0 Å². The van der Waals surface area contributed by atoms with Crippen molar-refractivity contribution in [3.05, 3.63) is 60.2 Å². The van der Waals surface area contributed by atoms with Crippen molar-refractivity contribution in [3.63, 3.8) is 0 Å². The van der Waals surface area contributed by atoms with Crippen molar-refractivity contribution in [1.82, 2.24) is 0 Å². The third-order valence-electron chi connectivity index (χ3n) is 3.13. The molecule has 0 aliphatic carbocycles. The molecule has 0 aromatic heterocycles. The van der Waals surface area contributed by atoms with Gasteiger partial charge < -0.3 is 0 Å². The Morgan fingerprint density at radius 2 is 1.79 bits per heavy atom. The van der Waals surface area contributed by atoms with E-state index < -0.39 is 5.92 Å². The summed E-state index contributed by atoms with van der Waals surface area (Å²) in [5, 5.41) is 9.17. The predicted molar refractivity (Wildman–Crippen MR) is 75.5 cm³/mol. The highest BCUT2D eigenvalue weighted by atomic mass is 16.1. The van der Waals surface area contributed by atoms with Gasteiger partial charge in [0, 0.05) is 6.42 Å². The summed E-state index contributed by atoms with van der Waals surface area (Å²) in [4.78, 5) is 11.8. The average molecular weight is 249 g/mol. The second kappa shape index (κ2) is 5.97. The van der Waals surface area contributed by atoms with E-state index in [1.165, 1.54) is 0 Å². The first-order valence-corrected chi connectivity index (χ1v) is 6.34. The van der Waals surface area contributed by atoms with Crippen LogP contribution in [0.5, 0.6) is 0 Å². The molecule has 2 aromatic carbocycles. The molecular weight excluding hydrogens is 234 g/mol. The minimum atomic E-state index is -0.659. The fourth-order valence-electron chi connectivity index (χ4n) is 2.06. The van der Waals surface area contributed by atoms with Gasteiger partial charge in [0.05, 0.1) is 6.07 Å². The van der Waals surface area contributed by atoms with Crippen LogP contribution < -0.4 is 0 Å². The molecule has 0 saturated carbocycles. The van der Waals surface area contributed by atoms with Crippen LogP contribution in [0, 0.1) is 11.3 Å². The van der Waals surface area contributed by atoms with Gasteiger partial charge in [-0.1, -0.05) is 55.5 Å². The summed E-state index contributed by atoms with van der Waals surface area (Å²) in [6.07, 6.45) is 0.383. The van der Waals surface area contributed by atoms with Crippen LogP contribution in [0.25, 0.3) is 11.1 Å². The largest absolute Gasteiger partial charge is 0.298 e. The molecule has 0 N–H and O–H groups in total. The molecule has 0 fully saturated rings. The highest BCUT2D eigenvalue weighted by Gasteiger charge is 2.18. The van der Waals surface area contributed by atoms with Crippen molar-refractivity contribution in [2.75, 3.05) is 0 Å². The molecule has 0 heterocycles. The predicted octanol–water partition coefficient (Wildman–Crippen LogP) is 3.94. The number of ketones is 1. The van der Waals surface area contributed by atoms with Gasteiger partial charge in [-0.15, -0.1) is 0 Å². The molecule has 2 rings (SSSR count). The Morgan fingerprint density at radius 1 is 1.11 bits per heavy atom. The summed E-state index contributed by atoms with van der Waals surface area (Å²) in [7, 11) is 0. The quantitative estimate of drug-likeness (QED) is 0.823. The molecule has 0 aliphatic rings. The number of nitriles is 1. The van der Waals surface area contributed by atoms with E-state index in [1.54, 1.807) is 6.92 Å². The minimum absolute atomic E-state index is 0.0345. The van der Waals surface area contributed by atoms with Gasteiger partial charge in [-0.3, -0.25) is 4.79 Å². The average Bonchev–Trinajstić information content (AvgIpc) is 2.49. The molecule has 0 spiro atoms. The van der Waals surface area contributed by atoms with Crippen LogP contribution in [-0.2, 0) is 4.79 Å². The topological polar surface area (TPSA) is 40.9 Å². The van der Waals surface area contributed by atoms with Crippen molar-refractivity contribution in [1.29, 1.82) is 5.26 Å². The van der Waals surface area contributed by atoms with Crippen LogP contribution >= 0.6 is 0 Å². The van der Waals surface area contributed by atoms with Crippen LogP contribution in [0.3, 0.4) is 0 Å². The Hall–Kier alpha value is -2.40. The minimum Gasteiger partial charge on any atom is -0.298 e. The molecule has 2 heteroatoms. The summed E-state index contributed by atoms with van der Waals surface area (Å²) in [5.74, 6) is -0.693. The van der Waals surface area contributed by atoms with Crippen molar-refractivity contribution < 1.29 is 4.79 Å². The lowest BCUT2D eigenvalue weighted by atomic mass is 9.92. The molecule has 0 aliphatic heterocycles. The zero-order valence-electron chi connectivity index (χ0n) is 10.8. The molecule has 0 bridgehead atoms. The SMILES string of the molecule is CCC(=O)C(C#N)c1cccc(-c2ccccc2)c1. The second-order valence-corrected chi connectivity index (χ2v) is 4.37. The third kappa shape index (κ3) is 2.89. The Morgan fingerprint density at radius 3 is 2.42 bits per heavy atom. The molecule has 2 nitrogen and oxygen atoms in total. The smallest absolute Gasteiger partial charge is 0.154 e. The maximum atomic E-state index is 11.8. The van der Waals surface area contributed by atoms with E-state index in [-0.39, 0.29) is 5.78 Å². The van der Waals surface area contributed by atoms with Gasteiger partial charge in [-0.25, -0.2) is 0 Å². The molecule has 2 aromatic rings. The molecule has 0 radical (unpaired) electrons. The number of benzene rings is 2. The summed E-state index contributed by atoms with van der Waals surface area (Å²) in [6.45, 7) is 1.79. The van der Waals surface area contributed by atoms with Crippen LogP contribution in [0.4, 0.5) is 0 Å². The standard InChI is InChI=1S/C17H15NO/c1-2-17(19)16(12-18)15-10-6-9-14(11-15)13-7-4-3-5-8-13/h3-11,16H,2H2,1H3. The Labute approximate surface area is 113 Å². The number of hydrogen-bond donors (Lipinski definition) is 0. The van der Waals surface area contributed by atoms with Crippen LogP contribution in [0.1, 0.15) is 24.8 Å². The molecule has 1 atom stereocenters. The van der Waals surface area contributed by atoms with Crippen molar-refractivity contribution >= 4 is 5.78 Å². The van der Waals surface area contributed by atoms with Crippen LogP contribution in [0.2, 0.25) is 0 Å². The summed E-state index contributed by atoms with van der Waals surface area (Å²) in [6, 6.07) is 19.7. The van der Waals surface area contributed by atoms with Crippen molar-refractivity contribution in [2.45, 2.75) is 19.3 Å². The highest BCUT2D eigenvalue weighted by Crippen LogP contribution is 2.24. The molecular formula is C17H15NO. The van der Waals surface area contributed by atoms with E-state index in [1.807, 2.05) is 54.6 Å². The molecule has 1 unspecified atom stereocenters. The van der Waals surface area contributed by atoms with Gasteiger partial charge in [0.15, 0.2) is 5.78 Å². The molecule has 0 saturated heterocycles. The first-order chi connectivity index (χ1) is 9.26. The van der Waals surface area contributed by atoms with Gasteiger partial charge in [0.1, 0.15) is 5.92 Å². The number of carbonyl (C=O) groups is 1. The first-order valence-electron chi connectivity index (χ1n) is 6.34. The van der Waals surface area contributed by atoms with Gasteiger partial charge in [-0.2, -0.15) is 5.26 Å². The second-order valence-electron chi connectivity index (χ2n) is 4.37. The number of hydrogen-bond acceptors (Lipinski definition) is 2. The van der Waals surface area contributed by atoms with E-state index in [0.717, 1.165) is 16.7 Å². The molecule has 19 heavy (non-hydrogen) atoms. The van der Waals surface area contributed by atoms with Crippen molar-refractivity contribution in [2.24, 2.45) is 0 Å². The summed E-state index contributed by atoms with van der Waals surface area (Å²) >= 11 is 0. The van der Waals surface area contributed by atoms with E-state index >= 15 is 0 Å².